The number of aryl methyl sites for hydroxylation is 2. The second-order valence-electron chi connectivity index (χ2n) is 9.59. The van der Waals surface area contributed by atoms with Gasteiger partial charge in [0.2, 0.25) is 11.9 Å². The van der Waals surface area contributed by atoms with E-state index in [0.29, 0.717) is 6.04 Å². The highest BCUT2D eigenvalue weighted by Crippen LogP contribution is 2.22. The van der Waals surface area contributed by atoms with Crippen molar-refractivity contribution in [2.24, 2.45) is 5.92 Å². The zero-order valence-corrected chi connectivity index (χ0v) is 20.3. The van der Waals surface area contributed by atoms with Crippen molar-refractivity contribution in [3.63, 3.8) is 0 Å². The van der Waals surface area contributed by atoms with Crippen LogP contribution >= 0.6 is 0 Å². The van der Waals surface area contributed by atoms with Gasteiger partial charge in [0.15, 0.2) is 0 Å². The van der Waals surface area contributed by atoms with Gasteiger partial charge in [0, 0.05) is 68.8 Å². The normalized spacial score (nSPS) is 20.2. The van der Waals surface area contributed by atoms with Crippen LogP contribution in [0.4, 0.5) is 11.6 Å². The number of amides is 1. The van der Waals surface area contributed by atoms with E-state index in [-0.39, 0.29) is 11.8 Å². The van der Waals surface area contributed by atoms with E-state index in [9.17, 15) is 4.79 Å². The lowest BCUT2D eigenvalue weighted by Gasteiger charge is -2.41. The molecule has 4 rings (SSSR count). The Bertz CT molecular complexity index is 927. The van der Waals surface area contributed by atoms with Crippen molar-refractivity contribution in [1.82, 2.24) is 20.2 Å². The number of hydrogen-bond acceptors (Lipinski definition) is 6. The number of hydrogen-bond donors (Lipinski definition) is 1. The van der Waals surface area contributed by atoms with Gasteiger partial charge < -0.3 is 15.1 Å². The highest BCUT2D eigenvalue weighted by atomic mass is 16.1. The molecular weight excluding hydrogens is 412 g/mol. The second kappa shape index (κ2) is 11.0. The topological polar surface area (TPSA) is 64.6 Å². The van der Waals surface area contributed by atoms with Gasteiger partial charge in [0.25, 0.3) is 0 Å². The summed E-state index contributed by atoms with van der Waals surface area (Å²) in [5, 5.41) is 3.18. The smallest absolute Gasteiger partial charge is 0.225 e. The molecule has 2 aromatic rings. The largest absolute Gasteiger partial charge is 0.366 e. The number of nitrogens with zero attached hydrogens (tertiary/aromatic N) is 5. The molecule has 1 atom stereocenters. The van der Waals surface area contributed by atoms with E-state index in [1.807, 2.05) is 13.0 Å². The number of nitrogens with one attached hydrogen (secondary N) is 1. The van der Waals surface area contributed by atoms with E-state index in [1.165, 1.54) is 11.3 Å². The molecule has 178 valence electrons. The Morgan fingerprint density at radius 2 is 1.94 bits per heavy atom. The van der Waals surface area contributed by atoms with Crippen LogP contribution in [0.3, 0.4) is 0 Å². The molecule has 7 nitrogen and oxygen atoms in total. The quantitative estimate of drug-likeness (QED) is 0.654. The molecule has 1 amide bonds. The Morgan fingerprint density at radius 1 is 1.12 bits per heavy atom. The van der Waals surface area contributed by atoms with Crippen molar-refractivity contribution < 1.29 is 4.79 Å². The summed E-state index contributed by atoms with van der Waals surface area (Å²) in [4.78, 5) is 28.8. The molecule has 2 aliphatic heterocycles. The van der Waals surface area contributed by atoms with E-state index in [1.54, 1.807) is 6.20 Å². The molecule has 3 heterocycles. The first-order chi connectivity index (χ1) is 16.0. The van der Waals surface area contributed by atoms with Gasteiger partial charge in [-0.05, 0) is 70.3 Å². The summed E-state index contributed by atoms with van der Waals surface area (Å²) in [5.41, 5.74) is 3.62. The Balaban J connectivity index is 1.13. The zero-order chi connectivity index (χ0) is 23.2. The number of benzene rings is 1. The van der Waals surface area contributed by atoms with Crippen molar-refractivity contribution in [3.8, 4) is 0 Å². The molecule has 2 saturated heterocycles. The zero-order valence-electron chi connectivity index (χ0n) is 20.3. The van der Waals surface area contributed by atoms with Gasteiger partial charge in [-0.15, -0.1) is 0 Å². The first-order valence-corrected chi connectivity index (χ1v) is 12.4. The van der Waals surface area contributed by atoms with E-state index in [0.717, 1.165) is 76.7 Å². The average molecular weight is 451 g/mol. The first-order valence-electron chi connectivity index (χ1n) is 12.4. The fourth-order valence-corrected chi connectivity index (χ4v) is 5.01. The molecule has 33 heavy (non-hydrogen) atoms. The lowest BCUT2D eigenvalue weighted by Crippen LogP contribution is -2.52. The van der Waals surface area contributed by atoms with Crippen molar-refractivity contribution >= 4 is 17.5 Å². The van der Waals surface area contributed by atoms with Gasteiger partial charge in [-0.3, -0.25) is 9.69 Å². The van der Waals surface area contributed by atoms with E-state index < -0.39 is 0 Å². The molecule has 2 fully saturated rings. The van der Waals surface area contributed by atoms with Gasteiger partial charge >= 0.3 is 0 Å². The summed E-state index contributed by atoms with van der Waals surface area (Å²) in [6.07, 6.45) is 4.53. The summed E-state index contributed by atoms with van der Waals surface area (Å²) >= 11 is 0. The van der Waals surface area contributed by atoms with Crippen LogP contribution in [0.25, 0.3) is 0 Å². The average Bonchev–Trinajstić information content (AvgIpc) is 2.82. The monoisotopic (exact) mass is 450 g/mol. The maximum absolute atomic E-state index is 12.6. The number of rotatable bonds is 7. The minimum atomic E-state index is 0.101. The van der Waals surface area contributed by atoms with Gasteiger partial charge in [0.05, 0.1) is 0 Å². The Labute approximate surface area is 198 Å². The third-order valence-electron chi connectivity index (χ3n) is 6.93. The fourth-order valence-electron chi connectivity index (χ4n) is 5.01. The van der Waals surface area contributed by atoms with Crippen LogP contribution in [-0.2, 0) is 4.79 Å². The molecular formula is C26H38N6O. The molecule has 1 aromatic heterocycles. The van der Waals surface area contributed by atoms with E-state index in [2.05, 4.69) is 68.1 Å². The van der Waals surface area contributed by atoms with Crippen LogP contribution in [0.2, 0.25) is 0 Å². The van der Waals surface area contributed by atoms with Gasteiger partial charge in [-0.25, -0.2) is 9.97 Å². The Morgan fingerprint density at radius 3 is 2.67 bits per heavy atom. The van der Waals surface area contributed by atoms with Crippen molar-refractivity contribution in [2.45, 2.75) is 46.1 Å². The maximum Gasteiger partial charge on any atom is 0.225 e. The first kappa shape index (κ1) is 23.5. The van der Waals surface area contributed by atoms with Gasteiger partial charge in [-0.2, -0.15) is 0 Å². The van der Waals surface area contributed by atoms with Crippen LogP contribution in [0, 0.1) is 19.8 Å². The predicted molar refractivity (Wildman–Crippen MR) is 134 cm³/mol. The molecule has 0 saturated carbocycles. The highest BCUT2D eigenvalue weighted by Gasteiger charge is 2.26. The predicted octanol–water partition coefficient (Wildman–Crippen LogP) is 3.03. The molecule has 1 N–H and O–H groups in total. The molecule has 0 bridgehead atoms. The Hall–Kier alpha value is -2.67. The molecule has 0 radical (unpaired) electrons. The van der Waals surface area contributed by atoms with Crippen LogP contribution < -0.4 is 15.1 Å². The number of carbonyl (C=O) groups excluding carboxylic acids is 1. The number of piperazine rings is 1. The molecule has 1 unspecified atom stereocenters. The van der Waals surface area contributed by atoms with Crippen LogP contribution in [0.5, 0.6) is 0 Å². The lowest BCUT2D eigenvalue weighted by atomic mass is 9.96. The van der Waals surface area contributed by atoms with Crippen LogP contribution in [-0.4, -0.2) is 72.6 Å². The summed E-state index contributed by atoms with van der Waals surface area (Å²) in [5.74, 6) is 1.09. The fraction of sp³-hybridized carbons (Fsp3) is 0.577. The summed E-state index contributed by atoms with van der Waals surface area (Å²) in [6.45, 7) is 13.1. The minimum Gasteiger partial charge on any atom is -0.366 e. The van der Waals surface area contributed by atoms with Gasteiger partial charge in [-0.1, -0.05) is 12.1 Å². The van der Waals surface area contributed by atoms with Crippen LogP contribution in [0.15, 0.2) is 36.5 Å². The number of carbonyl (C=O) groups is 1. The summed E-state index contributed by atoms with van der Waals surface area (Å²) in [7, 11) is 0. The van der Waals surface area contributed by atoms with Crippen LogP contribution in [0.1, 0.15) is 37.4 Å². The maximum atomic E-state index is 12.6. The number of piperidine rings is 1. The number of anilines is 2. The van der Waals surface area contributed by atoms with Crippen molar-refractivity contribution in [1.29, 1.82) is 0 Å². The third-order valence-corrected chi connectivity index (χ3v) is 6.93. The summed E-state index contributed by atoms with van der Waals surface area (Å²) < 4.78 is 0. The van der Waals surface area contributed by atoms with E-state index >= 15 is 0 Å². The molecule has 0 aliphatic carbocycles. The SMILES string of the molecule is Cc1cccc(N2CCN(CCCNC(=O)C3CCN(c4nccc(C)n4)CC3)CC2C)c1. The molecule has 7 heteroatoms. The molecule has 0 spiro atoms. The second-order valence-corrected chi connectivity index (χ2v) is 9.59. The minimum absolute atomic E-state index is 0.101. The lowest BCUT2D eigenvalue weighted by molar-refractivity contribution is -0.125. The van der Waals surface area contributed by atoms with E-state index in [4.69, 9.17) is 0 Å². The van der Waals surface area contributed by atoms with Gasteiger partial charge in [0.1, 0.15) is 0 Å². The summed E-state index contributed by atoms with van der Waals surface area (Å²) in [6, 6.07) is 11.2. The molecule has 1 aromatic carbocycles. The van der Waals surface area contributed by atoms with Crippen molar-refractivity contribution in [2.75, 3.05) is 55.6 Å². The molecule has 2 aliphatic rings. The highest BCUT2D eigenvalue weighted by molar-refractivity contribution is 5.78. The Kier molecular flexibility index (Phi) is 7.81. The standard InChI is InChI=1S/C26H38N6O/c1-20-6-4-7-24(18-20)32-17-16-30(19-22(32)3)13-5-11-27-25(33)23-9-14-31(15-10-23)26-28-12-8-21(2)29-26/h4,6-8,12,18,22-23H,5,9-11,13-17,19H2,1-3H3,(H,27,33). The third kappa shape index (κ3) is 6.22. The van der Waals surface area contributed by atoms with Crippen molar-refractivity contribution in [3.05, 3.63) is 47.8 Å². The number of aromatic nitrogens is 2.